The Balaban J connectivity index is 1.21. The van der Waals surface area contributed by atoms with Crippen LogP contribution in [0.25, 0.3) is 67.2 Å². The molecule has 0 atom stereocenters. The molecule has 0 fully saturated rings. The maximum Gasteiger partial charge on any atom is 0.0886 e. The Bertz CT molecular complexity index is 1960. The van der Waals surface area contributed by atoms with Gasteiger partial charge in [0.1, 0.15) is 0 Å². The zero-order valence-electron chi connectivity index (χ0n) is 22.9. The van der Waals surface area contributed by atoms with Gasteiger partial charge in [-0.25, -0.2) is 0 Å². The van der Waals surface area contributed by atoms with E-state index in [4.69, 9.17) is 0 Å². The SMILES string of the molecule is c1ccc(-c2cc(-c3ccccc3-c3cccc(-c4cccc(-c5ccc(-c6ccccn6)nc5)c4)c3)ccn2)cc1. The minimum Gasteiger partial charge on any atom is -0.256 e. The third-order valence-corrected chi connectivity index (χ3v) is 7.46. The fraction of sp³-hybridized carbons (Fsp3) is 0. The van der Waals surface area contributed by atoms with Gasteiger partial charge in [0.25, 0.3) is 0 Å². The average Bonchev–Trinajstić information content (AvgIpc) is 3.09. The molecule has 7 aromatic rings. The van der Waals surface area contributed by atoms with Crippen LogP contribution in [-0.2, 0) is 0 Å². The molecule has 0 saturated carbocycles. The van der Waals surface area contributed by atoms with E-state index in [1.54, 1.807) is 6.20 Å². The second kappa shape index (κ2) is 11.4. The summed E-state index contributed by atoms with van der Waals surface area (Å²) in [5.41, 5.74) is 13.0. The number of nitrogens with zero attached hydrogens (tertiary/aromatic N) is 3. The predicted molar refractivity (Wildman–Crippen MR) is 172 cm³/mol. The second-order valence-corrected chi connectivity index (χ2v) is 10.2. The maximum absolute atomic E-state index is 4.68. The van der Waals surface area contributed by atoms with Gasteiger partial charge in [-0.2, -0.15) is 0 Å². The molecule has 0 saturated heterocycles. The first-order chi connectivity index (χ1) is 20.8. The molecule has 0 unspecified atom stereocenters. The van der Waals surface area contributed by atoms with Crippen LogP contribution in [0.4, 0.5) is 0 Å². The van der Waals surface area contributed by atoms with Gasteiger partial charge in [-0.1, -0.05) is 103 Å². The van der Waals surface area contributed by atoms with E-state index in [1.807, 2.05) is 54.9 Å². The van der Waals surface area contributed by atoms with Crippen LogP contribution in [0.5, 0.6) is 0 Å². The maximum atomic E-state index is 4.68. The van der Waals surface area contributed by atoms with E-state index in [-0.39, 0.29) is 0 Å². The van der Waals surface area contributed by atoms with Gasteiger partial charge in [0.05, 0.1) is 17.1 Å². The second-order valence-electron chi connectivity index (χ2n) is 10.2. The lowest BCUT2D eigenvalue weighted by molar-refractivity contribution is 1.25. The van der Waals surface area contributed by atoms with Crippen LogP contribution < -0.4 is 0 Å². The van der Waals surface area contributed by atoms with Gasteiger partial charge in [-0.3, -0.25) is 15.0 Å². The monoisotopic (exact) mass is 537 g/mol. The number of hydrogen-bond donors (Lipinski definition) is 0. The first-order valence-corrected chi connectivity index (χ1v) is 14.0. The van der Waals surface area contributed by atoms with E-state index in [1.165, 1.54) is 22.3 Å². The van der Waals surface area contributed by atoms with Crippen molar-refractivity contribution in [3.05, 3.63) is 164 Å². The van der Waals surface area contributed by atoms with Crippen LogP contribution in [0.2, 0.25) is 0 Å². The zero-order chi connectivity index (χ0) is 28.1. The summed E-state index contributed by atoms with van der Waals surface area (Å²) in [5.74, 6) is 0. The number of rotatable bonds is 6. The van der Waals surface area contributed by atoms with E-state index in [2.05, 4.69) is 118 Å². The quantitative estimate of drug-likeness (QED) is 0.212. The largest absolute Gasteiger partial charge is 0.256 e. The Morgan fingerprint density at radius 3 is 1.55 bits per heavy atom. The summed E-state index contributed by atoms with van der Waals surface area (Å²) in [7, 11) is 0. The molecule has 4 aromatic carbocycles. The lowest BCUT2D eigenvalue weighted by atomic mass is 9.92. The highest BCUT2D eigenvalue weighted by Crippen LogP contribution is 2.36. The molecule has 198 valence electrons. The van der Waals surface area contributed by atoms with E-state index >= 15 is 0 Å². The first-order valence-electron chi connectivity index (χ1n) is 14.0. The lowest BCUT2D eigenvalue weighted by Gasteiger charge is -2.13. The molecule has 0 spiro atoms. The molecule has 3 nitrogen and oxygen atoms in total. The topological polar surface area (TPSA) is 38.7 Å². The smallest absolute Gasteiger partial charge is 0.0886 e. The molecular weight excluding hydrogens is 510 g/mol. The Morgan fingerprint density at radius 2 is 0.857 bits per heavy atom. The van der Waals surface area contributed by atoms with Crippen LogP contribution in [0.1, 0.15) is 0 Å². The first kappa shape index (κ1) is 25.3. The highest BCUT2D eigenvalue weighted by molar-refractivity contribution is 5.86. The molecule has 7 rings (SSSR count). The van der Waals surface area contributed by atoms with Crippen molar-refractivity contribution in [2.45, 2.75) is 0 Å². The molecule has 0 bridgehead atoms. The Labute approximate surface area is 245 Å². The normalized spacial score (nSPS) is 10.9. The highest BCUT2D eigenvalue weighted by atomic mass is 14.8. The van der Waals surface area contributed by atoms with Gasteiger partial charge in [0.2, 0.25) is 0 Å². The third-order valence-electron chi connectivity index (χ3n) is 7.46. The Hall–Kier alpha value is -5.67. The zero-order valence-corrected chi connectivity index (χ0v) is 22.9. The van der Waals surface area contributed by atoms with Gasteiger partial charge >= 0.3 is 0 Å². The summed E-state index contributed by atoms with van der Waals surface area (Å²) in [4.78, 5) is 13.7. The summed E-state index contributed by atoms with van der Waals surface area (Å²) in [6.45, 7) is 0. The summed E-state index contributed by atoms with van der Waals surface area (Å²) in [5, 5.41) is 0. The Kier molecular flexibility index (Phi) is 6.89. The van der Waals surface area contributed by atoms with Crippen LogP contribution >= 0.6 is 0 Å². The third kappa shape index (κ3) is 5.24. The Morgan fingerprint density at radius 1 is 0.286 bits per heavy atom. The average molecular weight is 538 g/mol. The van der Waals surface area contributed by atoms with Crippen molar-refractivity contribution < 1.29 is 0 Å². The highest BCUT2D eigenvalue weighted by Gasteiger charge is 2.11. The van der Waals surface area contributed by atoms with Gasteiger partial charge in [-0.15, -0.1) is 0 Å². The predicted octanol–water partition coefficient (Wildman–Crippen LogP) is 9.87. The summed E-state index contributed by atoms with van der Waals surface area (Å²) >= 11 is 0. The van der Waals surface area contributed by atoms with Crippen LogP contribution in [0.3, 0.4) is 0 Å². The molecule has 0 aliphatic heterocycles. The van der Waals surface area contributed by atoms with Crippen molar-refractivity contribution in [1.29, 1.82) is 0 Å². The van der Waals surface area contributed by atoms with Gasteiger partial charge < -0.3 is 0 Å². The molecule has 0 amide bonds. The summed E-state index contributed by atoms with van der Waals surface area (Å²) in [6, 6.07) is 50.6. The molecule has 3 aromatic heterocycles. The van der Waals surface area contributed by atoms with Gasteiger partial charge in [0.15, 0.2) is 0 Å². The fourth-order valence-electron chi connectivity index (χ4n) is 5.33. The van der Waals surface area contributed by atoms with Crippen molar-refractivity contribution in [1.82, 2.24) is 15.0 Å². The van der Waals surface area contributed by atoms with E-state index in [9.17, 15) is 0 Å². The number of aromatic nitrogens is 3. The van der Waals surface area contributed by atoms with E-state index in [0.29, 0.717) is 0 Å². The number of hydrogen-bond acceptors (Lipinski definition) is 3. The molecule has 3 heterocycles. The fourth-order valence-corrected chi connectivity index (χ4v) is 5.33. The molecule has 0 N–H and O–H groups in total. The molecule has 0 aliphatic rings. The summed E-state index contributed by atoms with van der Waals surface area (Å²) in [6.07, 6.45) is 5.61. The number of benzene rings is 4. The van der Waals surface area contributed by atoms with Crippen molar-refractivity contribution >= 4 is 0 Å². The number of pyridine rings is 3. The van der Waals surface area contributed by atoms with Crippen molar-refractivity contribution in [3.8, 4) is 67.2 Å². The van der Waals surface area contributed by atoms with Crippen molar-refractivity contribution in [3.63, 3.8) is 0 Å². The van der Waals surface area contributed by atoms with Crippen LogP contribution in [0, 0.1) is 0 Å². The van der Waals surface area contributed by atoms with E-state index < -0.39 is 0 Å². The summed E-state index contributed by atoms with van der Waals surface area (Å²) < 4.78 is 0. The van der Waals surface area contributed by atoms with Crippen LogP contribution in [0.15, 0.2) is 164 Å². The van der Waals surface area contributed by atoms with Gasteiger partial charge in [0, 0.05) is 29.7 Å². The molecular formula is C39H27N3. The molecule has 42 heavy (non-hydrogen) atoms. The lowest BCUT2D eigenvalue weighted by Crippen LogP contribution is -1.89. The molecule has 0 radical (unpaired) electrons. The van der Waals surface area contributed by atoms with E-state index in [0.717, 1.165) is 44.9 Å². The van der Waals surface area contributed by atoms with Gasteiger partial charge in [-0.05, 0) is 81.4 Å². The molecule has 0 aliphatic carbocycles. The molecule has 3 heteroatoms. The minimum atomic E-state index is 0.868. The van der Waals surface area contributed by atoms with Crippen LogP contribution in [-0.4, -0.2) is 15.0 Å². The standard InChI is InChI=1S/C39H27N3/c1-2-10-28(11-3-1)39-26-33(21-23-41-39)36-17-5-4-16-35(36)32-15-9-13-30(25-32)29-12-8-14-31(24-29)34-19-20-38(42-27-34)37-18-6-7-22-40-37/h1-27H. The minimum absolute atomic E-state index is 0.868. The van der Waals surface area contributed by atoms with Crippen molar-refractivity contribution in [2.75, 3.05) is 0 Å². The van der Waals surface area contributed by atoms with Crippen molar-refractivity contribution in [2.24, 2.45) is 0 Å².